The molecular formula is C14H20FN3O. The van der Waals surface area contributed by atoms with Gasteiger partial charge in [0.2, 0.25) is 0 Å². The fraction of sp³-hybridized carbons (Fsp3) is 0.571. The van der Waals surface area contributed by atoms with Crippen molar-refractivity contribution >= 4 is 11.7 Å². The van der Waals surface area contributed by atoms with E-state index in [4.69, 9.17) is 5.73 Å². The minimum Gasteiger partial charge on any atom is -0.381 e. The van der Waals surface area contributed by atoms with Crippen LogP contribution in [0.3, 0.4) is 0 Å². The predicted molar refractivity (Wildman–Crippen MR) is 72.1 cm³/mol. The second-order valence-corrected chi connectivity index (χ2v) is 5.57. The van der Waals surface area contributed by atoms with Crippen molar-refractivity contribution in [2.24, 2.45) is 11.8 Å². The number of pyridine rings is 1. The molecule has 1 amide bonds. The normalized spacial score (nSPS) is 27.4. The lowest BCUT2D eigenvalue weighted by molar-refractivity contribution is 0.0451. The maximum atomic E-state index is 13.9. The largest absolute Gasteiger partial charge is 0.381 e. The zero-order valence-corrected chi connectivity index (χ0v) is 11.6. The maximum Gasteiger partial charge on any atom is 0.257 e. The van der Waals surface area contributed by atoms with Crippen molar-refractivity contribution < 1.29 is 9.18 Å². The number of amides is 1. The van der Waals surface area contributed by atoms with E-state index < -0.39 is 5.82 Å². The molecular weight excluding hydrogens is 245 g/mol. The molecule has 1 fully saturated rings. The van der Waals surface area contributed by atoms with E-state index in [1.807, 2.05) is 6.92 Å². The Morgan fingerprint density at radius 3 is 2.84 bits per heavy atom. The molecule has 0 aliphatic carbocycles. The number of piperidine rings is 1. The number of hydrogen-bond acceptors (Lipinski definition) is 3. The van der Waals surface area contributed by atoms with Crippen molar-refractivity contribution in [3.8, 4) is 0 Å². The zero-order valence-electron chi connectivity index (χ0n) is 11.6. The fourth-order valence-corrected chi connectivity index (χ4v) is 2.76. The van der Waals surface area contributed by atoms with Crippen LogP contribution in [-0.2, 0) is 0 Å². The minimum atomic E-state index is -0.717. The fourth-order valence-electron chi connectivity index (χ4n) is 2.76. The van der Waals surface area contributed by atoms with Crippen LogP contribution in [0.15, 0.2) is 12.3 Å². The predicted octanol–water partition coefficient (Wildman–Crippen LogP) is 2.31. The van der Waals surface area contributed by atoms with Crippen LogP contribution in [0.1, 0.15) is 37.6 Å². The van der Waals surface area contributed by atoms with E-state index in [9.17, 15) is 9.18 Å². The Hall–Kier alpha value is -1.65. The quantitative estimate of drug-likeness (QED) is 0.847. The number of halogens is 1. The third kappa shape index (κ3) is 2.55. The van der Waals surface area contributed by atoms with E-state index >= 15 is 0 Å². The van der Waals surface area contributed by atoms with Gasteiger partial charge >= 0.3 is 0 Å². The smallest absolute Gasteiger partial charge is 0.257 e. The van der Waals surface area contributed by atoms with E-state index in [-0.39, 0.29) is 23.3 Å². The number of likely N-dealkylation sites (tertiary alicyclic amines) is 1. The molecule has 1 aliphatic rings. The molecule has 0 spiro atoms. The Balaban J connectivity index is 2.30. The molecule has 104 valence electrons. The highest BCUT2D eigenvalue weighted by atomic mass is 19.1. The van der Waals surface area contributed by atoms with E-state index in [0.29, 0.717) is 18.4 Å². The van der Waals surface area contributed by atoms with Gasteiger partial charge in [-0.15, -0.1) is 0 Å². The Kier molecular flexibility index (Phi) is 3.73. The lowest BCUT2D eigenvalue weighted by Gasteiger charge is -2.41. The van der Waals surface area contributed by atoms with Gasteiger partial charge in [-0.3, -0.25) is 4.79 Å². The molecule has 19 heavy (non-hydrogen) atoms. The SMILES string of the molecule is CC1CC(C)C(C)N(C(=O)c2ccnc(N)c2F)C1. The Bertz CT molecular complexity index is 492. The second-order valence-electron chi connectivity index (χ2n) is 5.57. The van der Waals surface area contributed by atoms with Gasteiger partial charge in [0.25, 0.3) is 5.91 Å². The first-order chi connectivity index (χ1) is 8.91. The minimum absolute atomic E-state index is 0.0145. The van der Waals surface area contributed by atoms with Gasteiger partial charge in [0.15, 0.2) is 11.6 Å². The highest BCUT2D eigenvalue weighted by Crippen LogP contribution is 2.28. The van der Waals surface area contributed by atoms with Crippen LogP contribution in [0, 0.1) is 17.7 Å². The third-order valence-corrected chi connectivity index (χ3v) is 4.01. The first kappa shape index (κ1) is 13.8. The number of aromatic nitrogens is 1. The summed E-state index contributed by atoms with van der Waals surface area (Å²) in [4.78, 5) is 17.9. The molecule has 1 saturated heterocycles. The van der Waals surface area contributed by atoms with Gasteiger partial charge in [-0.25, -0.2) is 9.37 Å². The molecule has 1 aromatic rings. The molecule has 1 aliphatic heterocycles. The molecule has 0 saturated carbocycles. The lowest BCUT2D eigenvalue weighted by Crippen LogP contribution is -2.49. The first-order valence-corrected chi connectivity index (χ1v) is 6.62. The molecule has 3 unspecified atom stereocenters. The molecule has 4 nitrogen and oxygen atoms in total. The summed E-state index contributed by atoms with van der Waals surface area (Å²) in [5.74, 6) is -0.396. The van der Waals surface area contributed by atoms with Gasteiger partial charge in [-0.1, -0.05) is 13.8 Å². The summed E-state index contributed by atoms with van der Waals surface area (Å²) in [5, 5.41) is 0. The summed E-state index contributed by atoms with van der Waals surface area (Å²) in [5.41, 5.74) is 5.43. The van der Waals surface area contributed by atoms with Crippen molar-refractivity contribution in [1.29, 1.82) is 0 Å². The number of nitrogens with two attached hydrogens (primary N) is 1. The van der Waals surface area contributed by atoms with Crippen molar-refractivity contribution in [2.75, 3.05) is 12.3 Å². The van der Waals surface area contributed by atoms with Gasteiger partial charge < -0.3 is 10.6 Å². The Morgan fingerprint density at radius 2 is 2.16 bits per heavy atom. The standard InChI is InChI=1S/C14H20FN3O/c1-8-6-9(2)10(3)18(7-8)14(19)11-4-5-17-13(16)12(11)15/h4-5,8-10H,6-7H2,1-3H3,(H2,16,17). The van der Waals surface area contributed by atoms with Crippen molar-refractivity contribution in [3.63, 3.8) is 0 Å². The molecule has 2 heterocycles. The molecule has 0 bridgehead atoms. The molecule has 0 aromatic carbocycles. The average Bonchev–Trinajstić information content (AvgIpc) is 2.36. The first-order valence-electron chi connectivity index (χ1n) is 6.62. The summed E-state index contributed by atoms with van der Waals surface area (Å²) in [6.45, 7) is 6.90. The van der Waals surface area contributed by atoms with Gasteiger partial charge in [0.1, 0.15) is 0 Å². The summed E-state index contributed by atoms with van der Waals surface area (Å²) in [7, 11) is 0. The lowest BCUT2D eigenvalue weighted by atomic mass is 9.85. The number of anilines is 1. The van der Waals surface area contributed by atoms with Gasteiger partial charge in [0.05, 0.1) is 5.56 Å². The number of nitrogens with zero attached hydrogens (tertiary/aromatic N) is 2. The molecule has 5 heteroatoms. The Labute approximate surface area is 112 Å². The summed E-state index contributed by atoms with van der Waals surface area (Å²) >= 11 is 0. The van der Waals surface area contributed by atoms with Crippen molar-refractivity contribution in [2.45, 2.75) is 33.2 Å². The zero-order chi connectivity index (χ0) is 14.2. The van der Waals surface area contributed by atoms with E-state index in [2.05, 4.69) is 18.8 Å². The molecule has 2 N–H and O–H groups in total. The van der Waals surface area contributed by atoms with Crippen LogP contribution < -0.4 is 5.73 Å². The van der Waals surface area contributed by atoms with Gasteiger partial charge in [0, 0.05) is 18.8 Å². The van der Waals surface area contributed by atoms with Crippen LogP contribution >= 0.6 is 0 Å². The average molecular weight is 265 g/mol. The van der Waals surface area contributed by atoms with Crippen LogP contribution in [0.2, 0.25) is 0 Å². The maximum absolute atomic E-state index is 13.9. The molecule has 0 radical (unpaired) electrons. The van der Waals surface area contributed by atoms with Gasteiger partial charge in [-0.2, -0.15) is 0 Å². The number of hydrogen-bond donors (Lipinski definition) is 1. The van der Waals surface area contributed by atoms with E-state index in [0.717, 1.165) is 6.42 Å². The topological polar surface area (TPSA) is 59.2 Å². The highest BCUT2D eigenvalue weighted by Gasteiger charge is 2.33. The highest BCUT2D eigenvalue weighted by molar-refractivity contribution is 5.95. The molecule has 3 atom stereocenters. The van der Waals surface area contributed by atoms with Crippen molar-refractivity contribution in [1.82, 2.24) is 9.88 Å². The monoisotopic (exact) mass is 265 g/mol. The summed E-state index contributed by atoms with van der Waals surface area (Å²) in [6.07, 6.45) is 2.46. The van der Waals surface area contributed by atoms with Gasteiger partial charge in [-0.05, 0) is 31.2 Å². The second kappa shape index (κ2) is 5.15. The number of rotatable bonds is 1. The van der Waals surface area contributed by atoms with Crippen LogP contribution in [0.5, 0.6) is 0 Å². The van der Waals surface area contributed by atoms with E-state index in [1.165, 1.54) is 12.3 Å². The van der Waals surface area contributed by atoms with Crippen LogP contribution in [0.25, 0.3) is 0 Å². The van der Waals surface area contributed by atoms with Crippen LogP contribution in [0.4, 0.5) is 10.2 Å². The van der Waals surface area contributed by atoms with Crippen LogP contribution in [-0.4, -0.2) is 28.4 Å². The Morgan fingerprint density at radius 1 is 1.47 bits per heavy atom. The van der Waals surface area contributed by atoms with E-state index in [1.54, 1.807) is 4.90 Å². The molecule has 2 rings (SSSR count). The third-order valence-electron chi connectivity index (χ3n) is 4.01. The summed E-state index contributed by atoms with van der Waals surface area (Å²) < 4.78 is 13.9. The number of carbonyl (C=O) groups excluding carboxylic acids is 1. The number of nitrogen functional groups attached to an aromatic ring is 1. The number of carbonyl (C=O) groups is 1. The summed E-state index contributed by atoms with van der Waals surface area (Å²) in [6, 6.07) is 1.50. The molecule has 1 aromatic heterocycles. The van der Waals surface area contributed by atoms with Crippen molar-refractivity contribution in [3.05, 3.63) is 23.6 Å².